The molecule has 0 aliphatic heterocycles. The summed E-state index contributed by atoms with van der Waals surface area (Å²) in [5.41, 5.74) is 0.988. The Bertz CT molecular complexity index is 411. The second-order valence-corrected chi connectivity index (χ2v) is 5.47. The number of hydrogen-bond donors (Lipinski definition) is 1. The summed E-state index contributed by atoms with van der Waals surface area (Å²) in [6.07, 6.45) is -2.43. The van der Waals surface area contributed by atoms with Crippen LogP contribution in [0.25, 0.3) is 0 Å². The molecule has 0 spiro atoms. The second-order valence-electron chi connectivity index (χ2n) is 5.06. The molecule has 1 aromatic carbocycles. The first-order chi connectivity index (χ1) is 8.97. The molecule has 0 aromatic heterocycles. The quantitative estimate of drug-likeness (QED) is 0.861. The minimum atomic E-state index is -4.03. The number of rotatable bonds is 3. The Kier molecular flexibility index (Phi) is 4.74. The number of nitrogens with one attached hydrogen (secondary N) is 1. The average molecular weight is 292 g/mol. The van der Waals surface area contributed by atoms with Crippen LogP contribution in [0.2, 0.25) is 5.02 Å². The molecule has 1 saturated carbocycles. The van der Waals surface area contributed by atoms with Gasteiger partial charge in [-0.1, -0.05) is 29.8 Å². The van der Waals surface area contributed by atoms with Crippen molar-refractivity contribution in [2.24, 2.45) is 5.92 Å². The van der Waals surface area contributed by atoms with E-state index in [-0.39, 0.29) is 18.9 Å². The number of alkyl halides is 3. The van der Waals surface area contributed by atoms with E-state index in [1.807, 2.05) is 24.3 Å². The van der Waals surface area contributed by atoms with Crippen LogP contribution in [0.4, 0.5) is 13.2 Å². The van der Waals surface area contributed by atoms with Gasteiger partial charge in [0.15, 0.2) is 0 Å². The SMILES string of the molecule is FC(F)(F)C1CCC(NCc2ccccc2Cl)CC1. The van der Waals surface area contributed by atoms with Gasteiger partial charge in [0.1, 0.15) is 0 Å². The molecule has 0 heterocycles. The maximum Gasteiger partial charge on any atom is 0.391 e. The molecule has 1 fully saturated rings. The average Bonchev–Trinajstić information content (AvgIpc) is 2.37. The number of halogens is 4. The highest BCUT2D eigenvalue weighted by atomic mass is 35.5. The van der Waals surface area contributed by atoms with Gasteiger partial charge in [0.05, 0.1) is 5.92 Å². The standard InChI is InChI=1S/C14H17ClF3N/c15-13-4-2-1-3-10(13)9-19-12-7-5-11(6-8-12)14(16,17)18/h1-4,11-12,19H,5-9H2. The van der Waals surface area contributed by atoms with Gasteiger partial charge in [0, 0.05) is 17.6 Å². The van der Waals surface area contributed by atoms with E-state index in [9.17, 15) is 13.2 Å². The first-order valence-electron chi connectivity index (χ1n) is 6.50. The minimum absolute atomic E-state index is 0.162. The van der Waals surface area contributed by atoms with Gasteiger partial charge in [-0.2, -0.15) is 13.2 Å². The Hall–Kier alpha value is -0.740. The molecule has 1 nitrogen and oxygen atoms in total. The van der Waals surface area contributed by atoms with Gasteiger partial charge < -0.3 is 5.32 Å². The zero-order valence-corrected chi connectivity index (χ0v) is 11.3. The predicted octanol–water partition coefficient (Wildman–Crippen LogP) is 4.55. The summed E-state index contributed by atoms with van der Waals surface area (Å²) >= 11 is 6.04. The van der Waals surface area contributed by atoms with Crippen LogP contribution in [0.3, 0.4) is 0 Å². The molecule has 1 N–H and O–H groups in total. The summed E-state index contributed by atoms with van der Waals surface area (Å²) in [5.74, 6) is -1.12. The third-order valence-corrected chi connectivity index (χ3v) is 4.10. The molecule has 19 heavy (non-hydrogen) atoms. The molecule has 0 amide bonds. The third-order valence-electron chi connectivity index (χ3n) is 3.73. The fourth-order valence-electron chi connectivity index (χ4n) is 2.52. The van der Waals surface area contributed by atoms with Crippen LogP contribution in [0.5, 0.6) is 0 Å². The van der Waals surface area contributed by atoms with Crippen LogP contribution >= 0.6 is 11.6 Å². The van der Waals surface area contributed by atoms with E-state index in [4.69, 9.17) is 11.6 Å². The van der Waals surface area contributed by atoms with Crippen molar-refractivity contribution >= 4 is 11.6 Å². The number of hydrogen-bond acceptors (Lipinski definition) is 1. The first-order valence-corrected chi connectivity index (χ1v) is 6.88. The minimum Gasteiger partial charge on any atom is -0.310 e. The van der Waals surface area contributed by atoms with Crippen LogP contribution < -0.4 is 5.32 Å². The Labute approximate surface area is 116 Å². The number of benzene rings is 1. The van der Waals surface area contributed by atoms with Crippen molar-refractivity contribution < 1.29 is 13.2 Å². The molecule has 1 aliphatic rings. The lowest BCUT2D eigenvalue weighted by Crippen LogP contribution is -2.36. The Morgan fingerprint density at radius 3 is 2.32 bits per heavy atom. The van der Waals surface area contributed by atoms with Crippen LogP contribution in [-0.2, 0) is 6.54 Å². The van der Waals surface area contributed by atoms with Gasteiger partial charge in [0.2, 0.25) is 0 Å². The van der Waals surface area contributed by atoms with Crippen molar-refractivity contribution in [1.82, 2.24) is 5.32 Å². The van der Waals surface area contributed by atoms with Crippen LogP contribution in [0, 0.1) is 5.92 Å². The van der Waals surface area contributed by atoms with Crippen LogP contribution in [0.1, 0.15) is 31.2 Å². The molecule has 1 aliphatic carbocycles. The molecule has 0 radical (unpaired) electrons. The molecular weight excluding hydrogens is 275 g/mol. The van der Waals surface area contributed by atoms with Gasteiger partial charge in [-0.25, -0.2) is 0 Å². The van der Waals surface area contributed by atoms with Crippen LogP contribution in [-0.4, -0.2) is 12.2 Å². The molecule has 1 aromatic rings. The second kappa shape index (κ2) is 6.14. The maximum absolute atomic E-state index is 12.5. The third kappa shape index (κ3) is 4.11. The van der Waals surface area contributed by atoms with E-state index in [2.05, 4.69) is 5.32 Å². The first kappa shape index (κ1) is 14.7. The summed E-state index contributed by atoms with van der Waals surface area (Å²) in [6, 6.07) is 7.68. The van der Waals surface area contributed by atoms with Gasteiger partial charge >= 0.3 is 6.18 Å². The topological polar surface area (TPSA) is 12.0 Å². The Morgan fingerprint density at radius 1 is 1.11 bits per heavy atom. The zero-order chi connectivity index (χ0) is 13.9. The highest BCUT2D eigenvalue weighted by molar-refractivity contribution is 6.31. The van der Waals surface area contributed by atoms with Crippen molar-refractivity contribution in [1.29, 1.82) is 0 Å². The summed E-state index contributed by atoms with van der Waals surface area (Å²) in [4.78, 5) is 0. The van der Waals surface area contributed by atoms with E-state index < -0.39 is 12.1 Å². The molecule has 0 bridgehead atoms. The molecule has 0 saturated heterocycles. The lowest BCUT2D eigenvalue weighted by atomic mass is 9.85. The lowest BCUT2D eigenvalue weighted by molar-refractivity contribution is -0.182. The Morgan fingerprint density at radius 2 is 1.74 bits per heavy atom. The maximum atomic E-state index is 12.5. The molecule has 106 valence electrons. The fourth-order valence-corrected chi connectivity index (χ4v) is 2.72. The van der Waals surface area contributed by atoms with Gasteiger partial charge in [-0.3, -0.25) is 0 Å². The predicted molar refractivity (Wildman–Crippen MR) is 70.1 cm³/mol. The molecule has 5 heteroatoms. The molecule has 2 rings (SSSR count). The highest BCUT2D eigenvalue weighted by Gasteiger charge is 2.41. The van der Waals surface area contributed by atoms with Gasteiger partial charge in [-0.05, 0) is 37.3 Å². The van der Waals surface area contributed by atoms with E-state index in [1.54, 1.807) is 0 Å². The Balaban J connectivity index is 1.79. The highest BCUT2D eigenvalue weighted by Crippen LogP contribution is 2.37. The van der Waals surface area contributed by atoms with Crippen LogP contribution in [0.15, 0.2) is 24.3 Å². The normalized spacial score (nSPS) is 24.4. The van der Waals surface area contributed by atoms with Crippen molar-refractivity contribution in [2.75, 3.05) is 0 Å². The molecular formula is C14H17ClF3N. The molecule has 0 unspecified atom stereocenters. The van der Waals surface area contributed by atoms with Crippen molar-refractivity contribution in [2.45, 2.75) is 44.4 Å². The van der Waals surface area contributed by atoms with Gasteiger partial charge in [-0.15, -0.1) is 0 Å². The fraction of sp³-hybridized carbons (Fsp3) is 0.571. The summed E-state index contributed by atoms with van der Waals surface area (Å²) < 4.78 is 37.6. The monoisotopic (exact) mass is 291 g/mol. The van der Waals surface area contributed by atoms with E-state index in [0.717, 1.165) is 5.56 Å². The zero-order valence-electron chi connectivity index (χ0n) is 10.5. The van der Waals surface area contributed by atoms with Crippen molar-refractivity contribution in [3.05, 3.63) is 34.9 Å². The van der Waals surface area contributed by atoms with Crippen molar-refractivity contribution in [3.63, 3.8) is 0 Å². The lowest BCUT2D eigenvalue weighted by Gasteiger charge is -2.30. The summed E-state index contributed by atoms with van der Waals surface area (Å²) in [7, 11) is 0. The van der Waals surface area contributed by atoms with Gasteiger partial charge in [0.25, 0.3) is 0 Å². The van der Waals surface area contributed by atoms with E-state index >= 15 is 0 Å². The summed E-state index contributed by atoms with van der Waals surface area (Å²) in [5, 5.41) is 3.99. The van der Waals surface area contributed by atoms with Crippen molar-refractivity contribution in [3.8, 4) is 0 Å². The molecule has 0 atom stereocenters. The smallest absolute Gasteiger partial charge is 0.310 e. The van der Waals surface area contributed by atoms with E-state index in [1.165, 1.54) is 0 Å². The summed E-state index contributed by atoms with van der Waals surface area (Å²) in [6.45, 7) is 0.612. The largest absolute Gasteiger partial charge is 0.391 e. The van der Waals surface area contributed by atoms with E-state index in [0.29, 0.717) is 24.4 Å².